The Kier molecular flexibility index (Phi) is 10.8. The van der Waals surface area contributed by atoms with E-state index in [4.69, 9.17) is 17.3 Å². The first-order valence-electron chi connectivity index (χ1n) is 19.7. The summed E-state index contributed by atoms with van der Waals surface area (Å²) < 4.78 is 0.242. The Bertz CT molecular complexity index is 2570. The first kappa shape index (κ1) is 38.0. The van der Waals surface area contributed by atoms with Gasteiger partial charge in [0.15, 0.2) is 0 Å². The number of fused-ring (bicyclic) bond motifs is 3. The number of thioether (sulfide) groups is 1. The van der Waals surface area contributed by atoms with E-state index >= 15 is 0 Å². The Balaban J connectivity index is 0.971. The van der Waals surface area contributed by atoms with Gasteiger partial charge >= 0.3 is 5.97 Å². The Hall–Kier alpha value is -6.55. The topological polar surface area (TPSA) is 76.5 Å². The normalized spacial score (nSPS) is 17.7. The molecule has 290 valence electrons. The molecule has 2 unspecified atom stereocenters. The summed E-state index contributed by atoms with van der Waals surface area (Å²) >= 11 is 6.38. The molecule has 1 amide bonds. The second-order valence-electron chi connectivity index (χ2n) is 14.8. The van der Waals surface area contributed by atoms with E-state index in [0.29, 0.717) is 16.9 Å². The van der Waals surface area contributed by atoms with Crippen LogP contribution >= 0.6 is 24.0 Å². The number of carboxylic acids is 1. The molecular formula is C50H40N4O3S2. The Morgan fingerprint density at radius 3 is 2.03 bits per heavy atom. The maximum atomic E-state index is 12.8. The van der Waals surface area contributed by atoms with Crippen molar-refractivity contribution in [1.29, 1.82) is 0 Å². The fourth-order valence-electron chi connectivity index (χ4n) is 8.37. The number of amides is 1. The van der Waals surface area contributed by atoms with Crippen molar-refractivity contribution in [2.24, 2.45) is 5.10 Å². The van der Waals surface area contributed by atoms with Crippen LogP contribution in [0.4, 0.5) is 22.7 Å². The third-order valence-corrected chi connectivity index (χ3v) is 12.5. The monoisotopic (exact) mass is 808 g/mol. The van der Waals surface area contributed by atoms with Gasteiger partial charge in [-0.1, -0.05) is 140 Å². The predicted molar refractivity (Wildman–Crippen MR) is 245 cm³/mol. The molecule has 1 N–H and O–H groups in total. The summed E-state index contributed by atoms with van der Waals surface area (Å²) in [5, 5.41) is 16.1. The second kappa shape index (κ2) is 16.7. The molecule has 2 aliphatic heterocycles. The van der Waals surface area contributed by atoms with Gasteiger partial charge in [-0.05, 0) is 112 Å². The number of benzene rings is 6. The van der Waals surface area contributed by atoms with Crippen molar-refractivity contribution in [2.75, 3.05) is 16.5 Å². The summed E-state index contributed by atoms with van der Waals surface area (Å²) in [6, 6.07) is 55.1. The van der Waals surface area contributed by atoms with Crippen LogP contribution in [0.25, 0.3) is 17.7 Å². The highest BCUT2D eigenvalue weighted by Crippen LogP contribution is 2.52. The van der Waals surface area contributed by atoms with Crippen molar-refractivity contribution < 1.29 is 14.7 Å². The van der Waals surface area contributed by atoms with E-state index in [1.165, 1.54) is 46.5 Å². The smallest absolute Gasteiger partial charge is 0.323 e. The number of hydrazone groups is 1. The summed E-state index contributed by atoms with van der Waals surface area (Å²) in [4.78, 5) is 28.1. The number of para-hydroxylation sites is 1. The number of aliphatic carboxylic acids is 1. The summed E-state index contributed by atoms with van der Waals surface area (Å²) in [6.45, 7) is -0.451. The van der Waals surface area contributed by atoms with E-state index in [2.05, 4.69) is 114 Å². The van der Waals surface area contributed by atoms with Gasteiger partial charge in [0.2, 0.25) is 0 Å². The van der Waals surface area contributed by atoms with Crippen LogP contribution in [0.5, 0.6) is 0 Å². The van der Waals surface area contributed by atoms with Gasteiger partial charge in [-0.15, -0.1) is 0 Å². The van der Waals surface area contributed by atoms with Crippen molar-refractivity contribution in [3.8, 4) is 0 Å². The Morgan fingerprint density at radius 2 is 1.37 bits per heavy atom. The molecule has 9 rings (SSSR count). The lowest BCUT2D eigenvalue weighted by molar-refractivity contribution is -0.140. The number of hydrogen-bond acceptors (Lipinski definition) is 7. The minimum atomic E-state index is -1.11. The van der Waals surface area contributed by atoms with E-state index in [0.717, 1.165) is 51.1 Å². The van der Waals surface area contributed by atoms with Gasteiger partial charge in [0.1, 0.15) is 10.9 Å². The quantitative estimate of drug-likeness (QED) is 0.0459. The highest BCUT2D eigenvalue weighted by molar-refractivity contribution is 8.26. The second-order valence-corrected chi connectivity index (χ2v) is 16.5. The maximum Gasteiger partial charge on any atom is 0.323 e. The van der Waals surface area contributed by atoms with Gasteiger partial charge in [0.25, 0.3) is 5.91 Å². The minimum Gasteiger partial charge on any atom is -0.480 e. The highest BCUT2D eigenvalue weighted by atomic mass is 32.2. The molecule has 6 aromatic carbocycles. The molecule has 1 saturated carbocycles. The van der Waals surface area contributed by atoms with Crippen LogP contribution in [0.15, 0.2) is 168 Å². The average Bonchev–Trinajstić information content (AvgIpc) is 3.94. The molecule has 3 aliphatic rings. The lowest BCUT2D eigenvalue weighted by Crippen LogP contribution is -2.33. The number of rotatable bonds is 11. The zero-order chi connectivity index (χ0) is 40.3. The number of carboxylic acid groups (broad SMARTS) is 1. The molecule has 2 atom stereocenters. The lowest BCUT2D eigenvalue weighted by Gasteiger charge is -2.27. The van der Waals surface area contributed by atoms with Crippen molar-refractivity contribution >= 4 is 86.9 Å². The van der Waals surface area contributed by atoms with E-state index < -0.39 is 18.4 Å². The van der Waals surface area contributed by atoms with Crippen molar-refractivity contribution in [1.82, 2.24) is 4.90 Å². The molecule has 2 fully saturated rings. The van der Waals surface area contributed by atoms with Crippen LogP contribution in [0, 0.1) is 0 Å². The molecule has 0 spiro atoms. The first-order valence-corrected chi connectivity index (χ1v) is 20.9. The van der Waals surface area contributed by atoms with E-state index in [1.807, 2.05) is 65.8 Å². The highest BCUT2D eigenvalue weighted by Gasteiger charge is 2.42. The Labute approximate surface area is 353 Å². The van der Waals surface area contributed by atoms with Gasteiger partial charge in [-0.25, -0.2) is 5.01 Å². The Morgan fingerprint density at radius 1 is 0.763 bits per heavy atom. The fourth-order valence-corrected chi connectivity index (χ4v) is 9.62. The molecule has 0 radical (unpaired) electrons. The van der Waals surface area contributed by atoms with Gasteiger partial charge < -0.3 is 10.0 Å². The van der Waals surface area contributed by atoms with E-state index in [-0.39, 0.29) is 4.32 Å². The van der Waals surface area contributed by atoms with E-state index in [1.54, 1.807) is 6.08 Å². The van der Waals surface area contributed by atoms with Gasteiger partial charge in [-0.3, -0.25) is 14.5 Å². The minimum absolute atomic E-state index is 0.242. The third-order valence-electron chi connectivity index (χ3n) is 11.1. The van der Waals surface area contributed by atoms with Crippen LogP contribution in [-0.2, 0) is 9.59 Å². The standard InChI is InChI=1S/C50H40N4O3S2/c55-48(56)33-52-49(57)47(59-50(52)58)31-35-21-26-41(27-22-35)54(40-15-8-3-9-16-40)51-32-36-23-28-46-44(30-36)42-17-10-18-45(42)53(46)39-24-19-34(20-25-39)29-43(37-11-4-1-5-12-37)38-13-6-2-7-14-38/h1-9,11-16,19-32,42,45H,10,17-18,33H2,(H,55,56)/b47-31+,51-32+. The van der Waals surface area contributed by atoms with E-state index in [9.17, 15) is 14.7 Å². The number of anilines is 4. The SMILES string of the molecule is O=C(O)CN1C(=O)/C(=C\c2ccc(N(/N=C/c3ccc4c(c3)C3CCCC3N4c3ccc(C=C(c4ccccc4)c4ccccc4)cc3)c3ccccc3)cc2)SC1=S. The van der Waals surface area contributed by atoms with Crippen LogP contribution < -0.4 is 9.91 Å². The molecule has 59 heavy (non-hydrogen) atoms. The van der Waals surface area contributed by atoms with Crippen molar-refractivity contribution in [2.45, 2.75) is 31.2 Å². The first-order chi connectivity index (χ1) is 28.9. The molecule has 2 heterocycles. The fraction of sp³-hybridized carbons (Fsp3) is 0.120. The summed E-state index contributed by atoms with van der Waals surface area (Å²) in [5.74, 6) is -1.04. The number of nitrogens with zero attached hydrogens (tertiary/aromatic N) is 4. The third kappa shape index (κ3) is 7.99. The zero-order valence-corrected chi connectivity index (χ0v) is 33.7. The van der Waals surface area contributed by atoms with Crippen molar-refractivity contribution in [3.63, 3.8) is 0 Å². The van der Waals surface area contributed by atoms with Crippen molar-refractivity contribution in [3.05, 3.63) is 196 Å². The molecule has 0 aromatic heterocycles. The summed E-state index contributed by atoms with van der Waals surface area (Å²) in [6.07, 6.45) is 9.48. The predicted octanol–water partition coefficient (Wildman–Crippen LogP) is 11.5. The number of hydrogen-bond donors (Lipinski definition) is 1. The molecule has 1 aliphatic carbocycles. The van der Waals surface area contributed by atoms with Gasteiger partial charge in [0.05, 0.1) is 22.5 Å². The maximum absolute atomic E-state index is 12.8. The van der Waals surface area contributed by atoms with Crippen LogP contribution in [0.2, 0.25) is 0 Å². The molecule has 6 aromatic rings. The average molecular weight is 809 g/mol. The molecular weight excluding hydrogens is 769 g/mol. The lowest BCUT2D eigenvalue weighted by atomic mass is 9.95. The molecule has 0 bridgehead atoms. The summed E-state index contributed by atoms with van der Waals surface area (Å²) in [5.41, 5.74) is 12.2. The largest absolute Gasteiger partial charge is 0.480 e. The molecule has 7 nitrogen and oxygen atoms in total. The van der Waals surface area contributed by atoms with Crippen LogP contribution in [0.3, 0.4) is 0 Å². The zero-order valence-electron chi connectivity index (χ0n) is 32.1. The number of carbonyl (C=O) groups excluding carboxylic acids is 1. The summed E-state index contributed by atoms with van der Waals surface area (Å²) in [7, 11) is 0. The number of thiocarbonyl (C=S) groups is 1. The van der Waals surface area contributed by atoms with Gasteiger partial charge in [-0.2, -0.15) is 5.10 Å². The molecule has 1 saturated heterocycles. The van der Waals surface area contributed by atoms with Gasteiger partial charge in [0, 0.05) is 23.3 Å². The number of carbonyl (C=O) groups is 2. The van der Waals surface area contributed by atoms with Crippen LogP contribution in [0.1, 0.15) is 58.6 Å². The molecule has 9 heteroatoms. The van der Waals surface area contributed by atoms with Crippen LogP contribution in [-0.4, -0.2) is 45.0 Å².